The summed E-state index contributed by atoms with van der Waals surface area (Å²) < 4.78 is 5.45. The molecule has 0 aliphatic heterocycles. The van der Waals surface area contributed by atoms with Crippen molar-refractivity contribution in [2.24, 2.45) is 0 Å². The van der Waals surface area contributed by atoms with E-state index in [4.69, 9.17) is 11.6 Å². The lowest BCUT2D eigenvalue weighted by atomic mass is 10.1. The Labute approximate surface area is 145 Å². The van der Waals surface area contributed by atoms with Crippen LogP contribution >= 0.6 is 23.1 Å². The molecule has 1 amide bonds. The number of carbonyl (C=O) groups is 1. The monoisotopic (exact) mass is 355 g/mol. The summed E-state index contributed by atoms with van der Waals surface area (Å²) in [7, 11) is 0. The zero-order valence-corrected chi connectivity index (χ0v) is 13.8. The Morgan fingerprint density at radius 3 is 2.75 bits per heavy atom. The number of benzene rings is 1. The predicted octanol–water partition coefficient (Wildman–Crippen LogP) is 3.76. The van der Waals surface area contributed by atoms with Crippen LogP contribution in [-0.4, -0.2) is 25.1 Å². The largest absolute Gasteiger partial charge is 0.321 e. The number of nitrogens with one attached hydrogen (secondary N) is 1. The molecule has 0 unspecified atom stereocenters. The summed E-state index contributed by atoms with van der Waals surface area (Å²) in [5.74, 6) is -0.280. The molecule has 6 nitrogen and oxygen atoms in total. The van der Waals surface area contributed by atoms with E-state index in [2.05, 4.69) is 20.0 Å². The Balaban J connectivity index is 1.54. The molecule has 0 spiro atoms. The molecule has 0 aliphatic carbocycles. The zero-order valence-electron chi connectivity index (χ0n) is 12.2. The van der Waals surface area contributed by atoms with E-state index >= 15 is 0 Å². The number of pyridine rings is 1. The van der Waals surface area contributed by atoms with E-state index in [1.165, 1.54) is 11.5 Å². The average Bonchev–Trinajstić information content (AvgIpc) is 3.24. The van der Waals surface area contributed by atoms with Crippen LogP contribution in [0.4, 0.5) is 5.69 Å². The second kappa shape index (κ2) is 6.03. The topological polar surface area (TPSA) is 72.2 Å². The van der Waals surface area contributed by atoms with E-state index in [0.29, 0.717) is 16.4 Å². The zero-order chi connectivity index (χ0) is 16.5. The minimum atomic E-state index is -0.280. The van der Waals surface area contributed by atoms with Gasteiger partial charge in [-0.05, 0) is 41.9 Å². The molecule has 1 aromatic carbocycles. The van der Waals surface area contributed by atoms with Crippen molar-refractivity contribution in [3.8, 4) is 11.3 Å². The highest BCUT2D eigenvalue weighted by Crippen LogP contribution is 2.20. The summed E-state index contributed by atoms with van der Waals surface area (Å²) in [5.41, 5.74) is 3.53. The molecule has 0 atom stereocenters. The highest BCUT2D eigenvalue weighted by molar-refractivity contribution is 7.03. The molecule has 0 fully saturated rings. The van der Waals surface area contributed by atoms with Crippen molar-refractivity contribution in [3.05, 3.63) is 64.8 Å². The predicted molar refractivity (Wildman–Crippen MR) is 93.5 cm³/mol. The van der Waals surface area contributed by atoms with Crippen LogP contribution in [0.25, 0.3) is 16.8 Å². The first kappa shape index (κ1) is 14.8. The van der Waals surface area contributed by atoms with Crippen molar-refractivity contribution in [2.45, 2.75) is 0 Å². The molecular formula is C16H10ClN5OS. The van der Waals surface area contributed by atoms with Crippen molar-refractivity contribution in [1.29, 1.82) is 0 Å². The minimum Gasteiger partial charge on any atom is -0.321 e. The van der Waals surface area contributed by atoms with Crippen LogP contribution in [0.3, 0.4) is 0 Å². The SMILES string of the molecule is O=C(Nc1ccc(-c2csnn2)cc1)c1cc2cc(Cl)ccn2n1. The number of hydrogen-bond acceptors (Lipinski definition) is 5. The molecule has 1 N–H and O–H groups in total. The number of nitrogens with zero attached hydrogens (tertiary/aromatic N) is 4. The van der Waals surface area contributed by atoms with Crippen LogP contribution in [0.1, 0.15) is 10.5 Å². The van der Waals surface area contributed by atoms with E-state index in [1.54, 1.807) is 28.9 Å². The fourth-order valence-corrected chi connectivity index (χ4v) is 2.92. The molecule has 0 bridgehead atoms. The lowest BCUT2D eigenvalue weighted by molar-refractivity contribution is 0.102. The Kier molecular flexibility index (Phi) is 3.72. The van der Waals surface area contributed by atoms with Crippen LogP contribution < -0.4 is 5.32 Å². The third kappa shape index (κ3) is 2.86. The number of halogens is 1. The molecule has 0 saturated heterocycles. The van der Waals surface area contributed by atoms with Crippen molar-refractivity contribution in [1.82, 2.24) is 19.2 Å². The van der Waals surface area contributed by atoms with Gasteiger partial charge in [0.15, 0.2) is 5.69 Å². The van der Waals surface area contributed by atoms with Gasteiger partial charge < -0.3 is 5.32 Å². The standard InChI is InChI=1S/C16H10ClN5OS/c17-11-5-6-22-13(7-11)8-14(20-22)16(23)18-12-3-1-10(2-4-12)15-9-24-21-19-15/h1-9H,(H,18,23). The highest BCUT2D eigenvalue weighted by Gasteiger charge is 2.11. The van der Waals surface area contributed by atoms with Crippen LogP contribution in [0, 0.1) is 0 Å². The minimum absolute atomic E-state index is 0.280. The van der Waals surface area contributed by atoms with Gasteiger partial charge in [0.25, 0.3) is 5.91 Å². The molecule has 3 aromatic heterocycles. The van der Waals surface area contributed by atoms with Gasteiger partial charge in [0.2, 0.25) is 0 Å². The lowest BCUT2D eigenvalue weighted by Crippen LogP contribution is -2.12. The lowest BCUT2D eigenvalue weighted by Gasteiger charge is -2.03. The van der Waals surface area contributed by atoms with Gasteiger partial charge in [-0.1, -0.05) is 28.2 Å². The van der Waals surface area contributed by atoms with Crippen LogP contribution in [0.15, 0.2) is 54.0 Å². The highest BCUT2D eigenvalue weighted by atomic mass is 35.5. The molecule has 118 valence electrons. The van der Waals surface area contributed by atoms with E-state index in [-0.39, 0.29) is 5.91 Å². The molecule has 0 radical (unpaired) electrons. The molecule has 0 aliphatic rings. The molecule has 4 rings (SSSR count). The Morgan fingerprint density at radius 1 is 1.17 bits per heavy atom. The van der Waals surface area contributed by atoms with Gasteiger partial charge in [-0.25, -0.2) is 4.52 Å². The van der Waals surface area contributed by atoms with E-state index in [1.807, 2.05) is 29.6 Å². The summed E-state index contributed by atoms with van der Waals surface area (Å²) in [5, 5.41) is 13.5. The van der Waals surface area contributed by atoms with Gasteiger partial charge in [0.1, 0.15) is 5.69 Å². The maximum atomic E-state index is 12.3. The normalized spacial score (nSPS) is 10.9. The molecule has 24 heavy (non-hydrogen) atoms. The van der Waals surface area contributed by atoms with E-state index in [0.717, 1.165) is 16.8 Å². The van der Waals surface area contributed by atoms with Gasteiger partial charge in [-0.2, -0.15) is 5.10 Å². The number of fused-ring (bicyclic) bond motifs is 1. The quantitative estimate of drug-likeness (QED) is 0.607. The van der Waals surface area contributed by atoms with E-state index in [9.17, 15) is 4.79 Å². The smallest absolute Gasteiger partial charge is 0.276 e. The third-order valence-electron chi connectivity index (χ3n) is 3.46. The second-order valence-electron chi connectivity index (χ2n) is 5.07. The summed E-state index contributed by atoms with van der Waals surface area (Å²) in [6, 6.07) is 12.6. The van der Waals surface area contributed by atoms with Crippen molar-refractivity contribution < 1.29 is 4.79 Å². The Morgan fingerprint density at radius 2 is 2.00 bits per heavy atom. The second-order valence-corrected chi connectivity index (χ2v) is 6.11. The number of amides is 1. The van der Waals surface area contributed by atoms with Crippen LogP contribution in [0.5, 0.6) is 0 Å². The van der Waals surface area contributed by atoms with Crippen molar-refractivity contribution in [2.75, 3.05) is 5.32 Å². The van der Waals surface area contributed by atoms with Gasteiger partial charge in [-0.3, -0.25) is 4.79 Å². The van der Waals surface area contributed by atoms with Crippen molar-refractivity contribution >= 4 is 40.2 Å². The number of rotatable bonds is 3. The average molecular weight is 356 g/mol. The van der Waals surface area contributed by atoms with Gasteiger partial charge in [-0.15, -0.1) is 5.10 Å². The molecule has 0 saturated carbocycles. The van der Waals surface area contributed by atoms with E-state index < -0.39 is 0 Å². The maximum absolute atomic E-state index is 12.3. The molecule has 4 aromatic rings. The molecular weight excluding hydrogens is 346 g/mol. The maximum Gasteiger partial charge on any atom is 0.276 e. The number of aromatic nitrogens is 4. The van der Waals surface area contributed by atoms with Gasteiger partial charge in [0, 0.05) is 27.9 Å². The number of hydrogen-bond donors (Lipinski definition) is 1. The van der Waals surface area contributed by atoms with Crippen molar-refractivity contribution in [3.63, 3.8) is 0 Å². The Hall–Kier alpha value is -2.77. The summed E-state index contributed by atoms with van der Waals surface area (Å²) in [6.45, 7) is 0. The molecule has 8 heteroatoms. The van der Waals surface area contributed by atoms with Gasteiger partial charge in [0.05, 0.1) is 5.52 Å². The third-order valence-corrected chi connectivity index (χ3v) is 4.20. The van der Waals surface area contributed by atoms with Gasteiger partial charge >= 0.3 is 0 Å². The molecule has 3 heterocycles. The number of carbonyl (C=O) groups excluding carboxylic acids is 1. The number of anilines is 1. The summed E-state index contributed by atoms with van der Waals surface area (Å²) in [4.78, 5) is 12.3. The summed E-state index contributed by atoms with van der Waals surface area (Å²) >= 11 is 7.24. The van der Waals surface area contributed by atoms with Crippen LogP contribution in [-0.2, 0) is 0 Å². The fraction of sp³-hybridized carbons (Fsp3) is 0. The first-order valence-corrected chi connectivity index (χ1v) is 8.24. The Bertz CT molecular complexity index is 1010. The summed E-state index contributed by atoms with van der Waals surface area (Å²) in [6.07, 6.45) is 1.71. The first-order valence-electron chi connectivity index (χ1n) is 7.03. The first-order chi connectivity index (χ1) is 11.7. The fourth-order valence-electron chi connectivity index (χ4n) is 2.29. The van der Waals surface area contributed by atoms with Crippen LogP contribution in [0.2, 0.25) is 5.02 Å².